The lowest BCUT2D eigenvalue weighted by molar-refractivity contribution is -0.184. The fourth-order valence-corrected chi connectivity index (χ4v) is 2.56. The number of hydrogen-bond acceptors (Lipinski definition) is 4. The Kier molecular flexibility index (Phi) is 6.44. The Balaban J connectivity index is 1.83. The molecule has 1 amide bonds. The second-order valence-corrected chi connectivity index (χ2v) is 5.75. The van der Waals surface area contributed by atoms with Crippen molar-refractivity contribution in [1.82, 2.24) is 15.5 Å². The Morgan fingerprint density at radius 2 is 2.08 bits per heavy atom. The molecule has 1 saturated heterocycles. The van der Waals surface area contributed by atoms with Crippen LogP contribution in [0.3, 0.4) is 0 Å². The summed E-state index contributed by atoms with van der Waals surface area (Å²) in [6, 6.07) is 5.44. The number of halogens is 3. The van der Waals surface area contributed by atoms with Gasteiger partial charge in [-0.05, 0) is 24.6 Å². The van der Waals surface area contributed by atoms with Gasteiger partial charge in [-0.15, -0.1) is 0 Å². The first-order valence-corrected chi connectivity index (χ1v) is 7.84. The van der Waals surface area contributed by atoms with E-state index >= 15 is 0 Å². The van der Waals surface area contributed by atoms with E-state index < -0.39 is 24.7 Å². The molecule has 0 aromatic heterocycles. The van der Waals surface area contributed by atoms with Crippen molar-refractivity contribution < 1.29 is 22.7 Å². The lowest BCUT2D eigenvalue weighted by atomic mass is 10.2. The first kappa shape index (κ1) is 18.5. The molecule has 1 aliphatic rings. The van der Waals surface area contributed by atoms with Crippen molar-refractivity contribution in [3.63, 3.8) is 0 Å². The summed E-state index contributed by atoms with van der Waals surface area (Å²) >= 11 is 0. The predicted octanol–water partition coefficient (Wildman–Crippen LogP) is 1.33. The van der Waals surface area contributed by atoms with E-state index in [-0.39, 0.29) is 6.61 Å². The number of rotatable bonds is 6. The topological polar surface area (TPSA) is 53.6 Å². The summed E-state index contributed by atoms with van der Waals surface area (Å²) < 4.78 is 44.9. The quantitative estimate of drug-likeness (QED) is 0.817. The molecule has 2 rings (SSSR count). The van der Waals surface area contributed by atoms with E-state index in [1.165, 1.54) is 4.90 Å². The molecule has 2 N–H and O–H groups in total. The average Bonchev–Trinajstić information content (AvgIpc) is 2.53. The summed E-state index contributed by atoms with van der Waals surface area (Å²) in [5, 5.41) is 5.34. The zero-order valence-corrected chi connectivity index (χ0v) is 13.5. The van der Waals surface area contributed by atoms with Crippen LogP contribution in [0.2, 0.25) is 0 Å². The maximum Gasteiger partial charge on any atom is 0.405 e. The molecule has 24 heavy (non-hydrogen) atoms. The number of carbonyl (C=O) groups is 1. The molecule has 134 valence electrons. The first-order chi connectivity index (χ1) is 11.4. The minimum Gasteiger partial charge on any atom is -0.484 e. The Labute approximate surface area is 139 Å². The van der Waals surface area contributed by atoms with Crippen LogP contribution in [0.4, 0.5) is 13.2 Å². The molecule has 1 fully saturated rings. The molecule has 0 radical (unpaired) electrons. The third-order valence-electron chi connectivity index (χ3n) is 3.82. The molecule has 0 spiro atoms. The lowest BCUT2D eigenvalue weighted by Gasteiger charge is -2.35. The van der Waals surface area contributed by atoms with Crippen LogP contribution in [0.25, 0.3) is 0 Å². The Bertz CT molecular complexity index is 546. The van der Waals surface area contributed by atoms with E-state index in [0.717, 1.165) is 5.56 Å². The van der Waals surface area contributed by atoms with Crippen LogP contribution in [0.15, 0.2) is 24.3 Å². The van der Waals surface area contributed by atoms with Crippen molar-refractivity contribution in [3.05, 3.63) is 29.8 Å². The molecular formula is C16H22F3N3O2. The molecule has 1 atom stereocenters. The second-order valence-electron chi connectivity index (χ2n) is 5.75. The van der Waals surface area contributed by atoms with Crippen molar-refractivity contribution in [2.45, 2.75) is 19.1 Å². The van der Waals surface area contributed by atoms with Crippen molar-refractivity contribution >= 4 is 5.91 Å². The molecular weight excluding hydrogens is 323 g/mol. The smallest absolute Gasteiger partial charge is 0.405 e. The highest BCUT2D eigenvalue weighted by molar-refractivity contribution is 5.77. The summed E-state index contributed by atoms with van der Waals surface area (Å²) in [5.41, 5.74) is 0.976. The molecule has 1 aliphatic heterocycles. The average molecular weight is 345 g/mol. The summed E-state index contributed by atoms with van der Waals surface area (Å²) in [5.74, 6) is -0.0551. The summed E-state index contributed by atoms with van der Waals surface area (Å²) in [4.78, 5) is 13.1. The van der Waals surface area contributed by atoms with Gasteiger partial charge in [0.1, 0.15) is 11.8 Å². The van der Waals surface area contributed by atoms with Crippen LogP contribution in [-0.2, 0) is 4.79 Å². The molecule has 5 nitrogen and oxygen atoms in total. The van der Waals surface area contributed by atoms with Crippen LogP contribution in [0, 0.1) is 6.92 Å². The molecule has 8 heteroatoms. The van der Waals surface area contributed by atoms with Gasteiger partial charge in [-0.1, -0.05) is 12.1 Å². The number of nitrogens with zero attached hydrogens (tertiary/aromatic N) is 1. The van der Waals surface area contributed by atoms with Gasteiger partial charge in [0, 0.05) is 32.7 Å². The number of hydrogen-bond donors (Lipinski definition) is 2. The van der Waals surface area contributed by atoms with Crippen LogP contribution < -0.4 is 15.4 Å². The standard InChI is InChI=1S/C16H22F3N3O2/c1-12-3-2-4-13(9-12)24-11-15(23)21-10-14(16(17,18)19)22-7-5-20-6-8-22/h2-4,9,14,20H,5-8,10-11H2,1H3,(H,21,23). The van der Waals surface area contributed by atoms with E-state index in [0.29, 0.717) is 31.9 Å². The highest BCUT2D eigenvalue weighted by Gasteiger charge is 2.43. The van der Waals surface area contributed by atoms with Crippen LogP contribution in [0.5, 0.6) is 5.75 Å². The third kappa shape index (κ3) is 5.68. The first-order valence-electron chi connectivity index (χ1n) is 7.84. The van der Waals surface area contributed by atoms with Crippen molar-refractivity contribution in [2.75, 3.05) is 39.3 Å². The molecule has 0 bridgehead atoms. The van der Waals surface area contributed by atoms with Gasteiger partial charge in [0.2, 0.25) is 0 Å². The fourth-order valence-electron chi connectivity index (χ4n) is 2.56. The number of ether oxygens (including phenoxy) is 1. The Morgan fingerprint density at radius 3 is 2.71 bits per heavy atom. The molecule has 1 aromatic rings. The number of piperazine rings is 1. The highest BCUT2D eigenvalue weighted by Crippen LogP contribution is 2.24. The number of amides is 1. The largest absolute Gasteiger partial charge is 0.484 e. The van der Waals surface area contributed by atoms with Crippen LogP contribution in [0.1, 0.15) is 5.56 Å². The maximum atomic E-state index is 13.2. The van der Waals surface area contributed by atoms with Crippen molar-refractivity contribution in [2.24, 2.45) is 0 Å². The molecule has 0 saturated carbocycles. The number of nitrogens with one attached hydrogen (secondary N) is 2. The molecule has 1 unspecified atom stereocenters. The van der Waals surface area contributed by atoms with Crippen LogP contribution >= 0.6 is 0 Å². The van der Waals surface area contributed by atoms with Gasteiger partial charge in [-0.25, -0.2) is 0 Å². The van der Waals surface area contributed by atoms with Gasteiger partial charge in [0.25, 0.3) is 5.91 Å². The number of benzene rings is 1. The normalized spacial score (nSPS) is 17.3. The van der Waals surface area contributed by atoms with Crippen molar-refractivity contribution in [3.8, 4) is 5.75 Å². The van der Waals surface area contributed by atoms with Gasteiger partial charge >= 0.3 is 6.18 Å². The molecule has 0 aliphatic carbocycles. The Morgan fingerprint density at radius 1 is 1.38 bits per heavy atom. The zero-order valence-electron chi connectivity index (χ0n) is 13.5. The SMILES string of the molecule is Cc1cccc(OCC(=O)NCC(N2CCNCC2)C(F)(F)F)c1. The maximum absolute atomic E-state index is 13.2. The van der Waals surface area contributed by atoms with E-state index in [9.17, 15) is 18.0 Å². The van der Waals surface area contributed by atoms with Gasteiger partial charge in [-0.3, -0.25) is 9.69 Å². The van der Waals surface area contributed by atoms with Crippen molar-refractivity contribution in [1.29, 1.82) is 0 Å². The number of alkyl halides is 3. The second kappa shape index (κ2) is 8.34. The molecule has 1 aromatic carbocycles. The van der Waals surface area contributed by atoms with Gasteiger partial charge in [-0.2, -0.15) is 13.2 Å². The fraction of sp³-hybridized carbons (Fsp3) is 0.562. The number of carbonyl (C=O) groups excluding carboxylic acids is 1. The zero-order chi connectivity index (χ0) is 17.6. The van der Waals surface area contributed by atoms with E-state index in [4.69, 9.17) is 4.74 Å². The minimum absolute atomic E-state index is 0.305. The van der Waals surface area contributed by atoms with Crippen LogP contribution in [-0.4, -0.2) is 62.4 Å². The molecule has 1 heterocycles. The van der Waals surface area contributed by atoms with E-state index in [1.54, 1.807) is 18.2 Å². The van der Waals surface area contributed by atoms with Gasteiger partial charge < -0.3 is 15.4 Å². The minimum atomic E-state index is -4.39. The lowest BCUT2D eigenvalue weighted by Crippen LogP contribution is -2.57. The van der Waals surface area contributed by atoms with E-state index in [1.807, 2.05) is 13.0 Å². The summed E-state index contributed by atoms with van der Waals surface area (Å²) in [6.07, 6.45) is -4.39. The Hall–Kier alpha value is -1.80. The highest BCUT2D eigenvalue weighted by atomic mass is 19.4. The summed E-state index contributed by atoms with van der Waals surface area (Å²) in [7, 11) is 0. The number of aryl methyl sites for hydroxylation is 1. The summed E-state index contributed by atoms with van der Waals surface area (Å²) in [6.45, 7) is 2.73. The van der Waals surface area contributed by atoms with E-state index in [2.05, 4.69) is 10.6 Å². The third-order valence-corrected chi connectivity index (χ3v) is 3.82. The van der Waals surface area contributed by atoms with Gasteiger partial charge in [0.15, 0.2) is 6.61 Å². The van der Waals surface area contributed by atoms with Gasteiger partial charge in [0.05, 0.1) is 0 Å². The predicted molar refractivity (Wildman–Crippen MR) is 84.0 cm³/mol. The monoisotopic (exact) mass is 345 g/mol.